The zero-order valence-corrected chi connectivity index (χ0v) is 17.8. The van der Waals surface area contributed by atoms with Crippen molar-refractivity contribution in [3.8, 4) is 11.1 Å². The molecule has 0 spiro atoms. The SMILES string of the molecule is CCN(C(=O)CCn1cnnn1)[C@H]1CCO[C@@H](c2ccccc2-c2cc(F)cc(F)c2)C1. The lowest BCUT2D eigenvalue weighted by molar-refractivity contribution is -0.137. The standard InChI is InChI=1S/C23H25F2N5O2/c1-2-30(23(31)7-9-29-15-26-27-28-29)19-8-10-32-22(14-19)21-6-4-3-5-20(21)16-11-17(24)13-18(25)12-16/h3-6,11-13,15,19,22H,2,7-10,14H2,1H3/t19-,22+/m0/s1. The molecule has 0 saturated carbocycles. The van der Waals surface area contributed by atoms with Crippen LogP contribution in [0.5, 0.6) is 0 Å². The molecule has 7 nitrogen and oxygen atoms in total. The van der Waals surface area contributed by atoms with E-state index < -0.39 is 11.6 Å². The zero-order chi connectivity index (χ0) is 22.5. The fourth-order valence-electron chi connectivity index (χ4n) is 4.30. The molecule has 2 atom stereocenters. The van der Waals surface area contributed by atoms with Crippen LogP contribution in [0.3, 0.4) is 0 Å². The van der Waals surface area contributed by atoms with Crippen molar-refractivity contribution in [2.45, 2.75) is 44.9 Å². The monoisotopic (exact) mass is 441 g/mol. The van der Waals surface area contributed by atoms with Crippen LogP contribution < -0.4 is 0 Å². The maximum Gasteiger partial charge on any atom is 0.224 e. The summed E-state index contributed by atoms with van der Waals surface area (Å²) in [5.74, 6) is -1.21. The van der Waals surface area contributed by atoms with Crippen molar-refractivity contribution in [2.24, 2.45) is 0 Å². The van der Waals surface area contributed by atoms with E-state index in [0.29, 0.717) is 38.1 Å². The molecule has 0 bridgehead atoms. The second kappa shape index (κ2) is 9.95. The molecule has 0 N–H and O–H groups in total. The van der Waals surface area contributed by atoms with Crippen LogP contribution in [0.2, 0.25) is 0 Å². The van der Waals surface area contributed by atoms with Crippen molar-refractivity contribution in [1.82, 2.24) is 25.1 Å². The molecule has 0 aliphatic carbocycles. The number of hydrogen-bond acceptors (Lipinski definition) is 5. The van der Waals surface area contributed by atoms with Gasteiger partial charge in [-0.05, 0) is 59.0 Å². The molecule has 1 fully saturated rings. The van der Waals surface area contributed by atoms with Gasteiger partial charge in [-0.1, -0.05) is 24.3 Å². The Kier molecular flexibility index (Phi) is 6.84. The van der Waals surface area contributed by atoms with Crippen molar-refractivity contribution in [3.63, 3.8) is 0 Å². The third kappa shape index (κ3) is 4.99. The number of rotatable bonds is 7. The molecular formula is C23H25F2N5O2. The van der Waals surface area contributed by atoms with Crippen LogP contribution in [0, 0.1) is 11.6 Å². The lowest BCUT2D eigenvalue weighted by Crippen LogP contribution is -2.44. The Morgan fingerprint density at radius 3 is 2.72 bits per heavy atom. The number of carbonyl (C=O) groups is 1. The first-order valence-corrected chi connectivity index (χ1v) is 10.7. The first-order valence-electron chi connectivity index (χ1n) is 10.7. The van der Waals surface area contributed by atoms with Gasteiger partial charge >= 0.3 is 0 Å². The Morgan fingerprint density at radius 1 is 1.22 bits per heavy atom. The smallest absolute Gasteiger partial charge is 0.224 e. The average Bonchev–Trinajstić information content (AvgIpc) is 3.31. The zero-order valence-electron chi connectivity index (χ0n) is 17.8. The summed E-state index contributed by atoms with van der Waals surface area (Å²) in [7, 11) is 0. The minimum Gasteiger partial charge on any atom is -0.373 e. The van der Waals surface area contributed by atoms with E-state index in [4.69, 9.17) is 4.74 Å². The van der Waals surface area contributed by atoms with E-state index in [9.17, 15) is 13.6 Å². The summed E-state index contributed by atoms with van der Waals surface area (Å²) in [4.78, 5) is 14.8. The van der Waals surface area contributed by atoms with E-state index in [1.54, 1.807) is 0 Å². The number of hydrogen-bond donors (Lipinski definition) is 0. The summed E-state index contributed by atoms with van der Waals surface area (Å²) >= 11 is 0. The highest BCUT2D eigenvalue weighted by atomic mass is 19.1. The lowest BCUT2D eigenvalue weighted by atomic mass is 9.90. The van der Waals surface area contributed by atoms with Crippen LogP contribution in [-0.2, 0) is 16.1 Å². The average molecular weight is 441 g/mol. The van der Waals surface area contributed by atoms with Gasteiger partial charge in [-0.3, -0.25) is 4.79 Å². The number of aryl methyl sites for hydroxylation is 1. The van der Waals surface area contributed by atoms with Gasteiger partial charge in [0.05, 0.1) is 12.6 Å². The highest BCUT2D eigenvalue weighted by molar-refractivity contribution is 5.76. The fraction of sp³-hybridized carbons (Fsp3) is 0.391. The molecule has 2 aromatic carbocycles. The Morgan fingerprint density at radius 2 is 2.00 bits per heavy atom. The maximum atomic E-state index is 13.8. The Hall–Kier alpha value is -3.20. The molecule has 2 heterocycles. The summed E-state index contributed by atoms with van der Waals surface area (Å²) < 4.78 is 35.3. The van der Waals surface area contributed by atoms with Crippen LogP contribution in [0.4, 0.5) is 8.78 Å². The Labute approximate surface area is 185 Å². The van der Waals surface area contributed by atoms with Crippen molar-refractivity contribution in [2.75, 3.05) is 13.2 Å². The van der Waals surface area contributed by atoms with E-state index in [0.717, 1.165) is 23.6 Å². The minimum absolute atomic E-state index is 0.0115. The Bertz CT molecular complexity index is 1040. The van der Waals surface area contributed by atoms with Crippen LogP contribution in [0.15, 0.2) is 48.8 Å². The van der Waals surface area contributed by atoms with E-state index in [1.807, 2.05) is 36.1 Å². The molecular weight excluding hydrogens is 416 g/mol. The van der Waals surface area contributed by atoms with Gasteiger partial charge in [0.1, 0.15) is 18.0 Å². The minimum atomic E-state index is -0.623. The maximum absolute atomic E-state index is 13.8. The molecule has 1 amide bonds. The van der Waals surface area contributed by atoms with Crippen LogP contribution in [0.25, 0.3) is 11.1 Å². The second-order valence-corrected chi connectivity index (χ2v) is 7.79. The van der Waals surface area contributed by atoms with E-state index in [1.165, 1.54) is 23.1 Å². The number of carbonyl (C=O) groups excluding carboxylic acids is 1. The number of tetrazole rings is 1. The summed E-state index contributed by atoms with van der Waals surface area (Å²) in [6.07, 6.45) is 2.86. The molecule has 9 heteroatoms. The number of nitrogens with zero attached hydrogens (tertiary/aromatic N) is 5. The summed E-state index contributed by atoms with van der Waals surface area (Å²) in [6.45, 7) is 3.46. The molecule has 1 aliphatic heterocycles. The molecule has 0 unspecified atom stereocenters. The van der Waals surface area contributed by atoms with Gasteiger partial charge in [0, 0.05) is 31.7 Å². The van der Waals surface area contributed by atoms with Gasteiger partial charge in [0.15, 0.2) is 0 Å². The van der Waals surface area contributed by atoms with Gasteiger partial charge in [-0.15, -0.1) is 5.10 Å². The quantitative estimate of drug-likeness (QED) is 0.558. The molecule has 32 heavy (non-hydrogen) atoms. The molecule has 1 saturated heterocycles. The molecule has 1 aliphatic rings. The predicted molar refractivity (Wildman–Crippen MR) is 113 cm³/mol. The fourth-order valence-corrected chi connectivity index (χ4v) is 4.30. The number of benzene rings is 2. The number of ether oxygens (including phenoxy) is 1. The predicted octanol–water partition coefficient (Wildman–Crippen LogP) is 3.78. The lowest BCUT2D eigenvalue weighted by Gasteiger charge is -2.38. The van der Waals surface area contributed by atoms with E-state index >= 15 is 0 Å². The van der Waals surface area contributed by atoms with Gasteiger partial charge in [-0.25, -0.2) is 13.5 Å². The summed E-state index contributed by atoms with van der Waals surface area (Å²) in [6, 6.07) is 11.0. The third-order valence-corrected chi connectivity index (χ3v) is 5.79. The van der Waals surface area contributed by atoms with E-state index in [2.05, 4.69) is 15.5 Å². The van der Waals surface area contributed by atoms with Crippen molar-refractivity contribution >= 4 is 5.91 Å². The largest absolute Gasteiger partial charge is 0.373 e. The van der Waals surface area contributed by atoms with Gasteiger partial charge in [0.25, 0.3) is 0 Å². The van der Waals surface area contributed by atoms with E-state index in [-0.39, 0.29) is 18.1 Å². The third-order valence-electron chi connectivity index (χ3n) is 5.79. The highest BCUT2D eigenvalue weighted by Gasteiger charge is 2.31. The van der Waals surface area contributed by atoms with Crippen LogP contribution >= 0.6 is 0 Å². The van der Waals surface area contributed by atoms with Crippen molar-refractivity contribution in [3.05, 3.63) is 66.0 Å². The molecule has 3 aromatic rings. The number of aromatic nitrogens is 4. The van der Waals surface area contributed by atoms with Crippen molar-refractivity contribution < 1.29 is 18.3 Å². The topological polar surface area (TPSA) is 73.1 Å². The normalized spacial score (nSPS) is 18.5. The summed E-state index contributed by atoms with van der Waals surface area (Å²) in [5.41, 5.74) is 2.05. The van der Waals surface area contributed by atoms with Gasteiger partial charge < -0.3 is 9.64 Å². The van der Waals surface area contributed by atoms with Gasteiger partial charge in [-0.2, -0.15) is 0 Å². The second-order valence-electron chi connectivity index (χ2n) is 7.79. The van der Waals surface area contributed by atoms with Crippen LogP contribution in [-0.4, -0.2) is 50.2 Å². The number of amides is 1. The van der Waals surface area contributed by atoms with Crippen molar-refractivity contribution in [1.29, 1.82) is 0 Å². The first kappa shape index (κ1) is 22.0. The van der Waals surface area contributed by atoms with Crippen LogP contribution in [0.1, 0.15) is 37.9 Å². The summed E-state index contributed by atoms with van der Waals surface area (Å²) in [5, 5.41) is 11.0. The van der Waals surface area contributed by atoms with Gasteiger partial charge in [0.2, 0.25) is 5.91 Å². The molecule has 0 radical (unpaired) electrons. The highest BCUT2D eigenvalue weighted by Crippen LogP contribution is 2.37. The molecule has 168 valence electrons. The number of halogens is 2. The molecule has 1 aromatic heterocycles. The molecule has 4 rings (SSSR count). The first-order chi connectivity index (χ1) is 15.5. The Balaban J connectivity index is 1.52.